The van der Waals surface area contributed by atoms with Gasteiger partial charge in [-0.15, -0.1) is 0 Å². The third-order valence-corrected chi connectivity index (χ3v) is 5.24. The Hall–Kier alpha value is -3.35. The lowest BCUT2D eigenvalue weighted by Crippen LogP contribution is -2.30. The highest BCUT2D eigenvalue weighted by atomic mass is 19.1. The summed E-state index contributed by atoms with van der Waals surface area (Å²) < 4.78 is 24.7. The molecule has 0 saturated carbocycles. The zero-order valence-corrected chi connectivity index (χ0v) is 18.1. The van der Waals surface area contributed by atoms with E-state index in [-0.39, 0.29) is 16.9 Å². The number of aliphatic hydroxyl groups is 1. The molecule has 1 heterocycles. The van der Waals surface area contributed by atoms with Crippen molar-refractivity contribution in [3.63, 3.8) is 0 Å². The number of nitrogens with zero attached hydrogens (tertiary/aromatic N) is 1. The van der Waals surface area contributed by atoms with E-state index >= 15 is 0 Å². The first-order valence-corrected chi connectivity index (χ1v) is 10.2. The van der Waals surface area contributed by atoms with Gasteiger partial charge in [0.1, 0.15) is 11.6 Å². The van der Waals surface area contributed by atoms with Gasteiger partial charge < -0.3 is 19.5 Å². The molecule has 0 bridgehead atoms. The van der Waals surface area contributed by atoms with Crippen LogP contribution < -0.4 is 9.47 Å². The molecule has 1 N–H and O–H groups in total. The van der Waals surface area contributed by atoms with Crippen molar-refractivity contribution in [1.82, 2.24) is 4.90 Å². The summed E-state index contributed by atoms with van der Waals surface area (Å²) in [7, 11) is 1.53. The molecular formula is C24H26FNO5. The van der Waals surface area contributed by atoms with Crippen molar-refractivity contribution in [3.8, 4) is 11.5 Å². The fraction of sp³-hybridized carbons (Fsp3) is 0.333. The molecule has 1 saturated heterocycles. The predicted octanol–water partition coefficient (Wildman–Crippen LogP) is 4.37. The van der Waals surface area contributed by atoms with Crippen LogP contribution in [0.15, 0.2) is 42.0 Å². The Bertz CT molecular complexity index is 1050. The van der Waals surface area contributed by atoms with Crippen molar-refractivity contribution in [2.24, 2.45) is 0 Å². The van der Waals surface area contributed by atoms with Gasteiger partial charge in [0.05, 0.1) is 25.3 Å². The number of benzene rings is 2. The smallest absolute Gasteiger partial charge is 0.295 e. The van der Waals surface area contributed by atoms with Gasteiger partial charge in [0, 0.05) is 12.1 Å². The molecule has 1 aliphatic heterocycles. The number of hydrogen-bond acceptors (Lipinski definition) is 5. The van der Waals surface area contributed by atoms with Crippen LogP contribution in [0.5, 0.6) is 11.5 Å². The number of aliphatic hydroxyl groups excluding tert-OH is 1. The Balaban J connectivity index is 2.21. The van der Waals surface area contributed by atoms with Crippen molar-refractivity contribution in [2.75, 3.05) is 20.3 Å². The molecule has 0 aliphatic carbocycles. The second-order valence-corrected chi connectivity index (χ2v) is 7.30. The number of halogens is 1. The number of Topliss-reactive ketones (excluding diaryl/α,β-unsaturated/α-hetero) is 1. The van der Waals surface area contributed by atoms with E-state index in [1.54, 1.807) is 25.1 Å². The average Bonchev–Trinajstić information content (AvgIpc) is 3.00. The van der Waals surface area contributed by atoms with Crippen molar-refractivity contribution in [1.29, 1.82) is 0 Å². The zero-order chi connectivity index (χ0) is 22.7. The summed E-state index contributed by atoms with van der Waals surface area (Å²) in [4.78, 5) is 27.2. The molecular weight excluding hydrogens is 401 g/mol. The number of likely N-dealkylation sites (tertiary alicyclic amines) is 1. The molecule has 0 radical (unpaired) electrons. The van der Waals surface area contributed by atoms with Gasteiger partial charge in [-0.2, -0.15) is 0 Å². The first-order chi connectivity index (χ1) is 14.8. The summed E-state index contributed by atoms with van der Waals surface area (Å²) in [5, 5.41) is 11.0. The molecule has 1 unspecified atom stereocenters. The summed E-state index contributed by atoms with van der Waals surface area (Å²) in [6, 6.07) is 8.43. The van der Waals surface area contributed by atoms with E-state index in [9.17, 15) is 19.1 Å². The molecule has 0 spiro atoms. The van der Waals surface area contributed by atoms with Gasteiger partial charge in [-0.1, -0.05) is 13.0 Å². The third kappa shape index (κ3) is 4.13. The Morgan fingerprint density at radius 2 is 1.87 bits per heavy atom. The summed E-state index contributed by atoms with van der Waals surface area (Å²) in [6.07, 6.45) is 0.633. The summed E-state index contributed by atoms with van der Waals surface area (Å²) in [6.45, 7) is 6.05. The first-order valence-electron chi connectivity index (χ1n) is 10.2. The van der Waals surface area contributed by atoms with E-state index in [0.717, 1.165) is 0 Å². The normalized spacial score (nSPS) is 17.8. The Labute approximate surface area is 180 Å². The molecule has 31 heavy (non-hydrogen) atoms. The summed E-state index contributed by atoms with van der Waals surface area (Å²) >= 11 is 0. The molecule has 3 rings (SSSR count). The average molecular weight is 427 g/mol. The number of carbonyl (C=O) groups is 2. The van der Waals surface area contributed by atoms with Crippen LogP contribution in [0.2, 0.25) is 0 Å². The van der Waals surface area contributed by atoms with Crippen molar-refractivity contribution < 1.29 is 28.6 Å². The number of hydrogen-bond donors (Lipinski definition) is 1. The van der Waals surface area contributed by atoms with Crippen LogP contribution in [0.4, 0.5) is 4.39 Å². The fourth-order valence-corrected chi connectivity index (χ4v) is 3.78. The van der Waals surface area contributed by atoms with Gasteiger partial charge >= 0.3 is 0 Å². The molecule has 1 aliphatic rings. The minimum Gasteiger partial charge on any atom is -0.507 e. The molecule has 1 amide bonds. The molecule has 7 heteroatoms. The SMILES string of the molecule is CCCN1C(=O)C(=O)/C(=C(\O)c2ccc(F)c(C)c2)C1c1ccc(OC)c(OCC)c1. The van der Waals surface area contributed by atoms with Crippen LogP contribution in [0.25, 0.3) is 5.76 Å². The highest BCUT2D eigenvalue weighted by Gasteiger charge is 2.45. The molecule has 1 fully saturated rings. The number of ether oxygens (including phenoxy) is 2. The van der Waals surface area contributed by atoms with Crippen LogP contribution in [0.1, 0.15) is 43.0 Å². The van der Waals surface area contributed by atoms with Crippen LogP contribution in [0.3, 0.4) is 0 Å². The molecule has 2 aromatic carbocycles. The Morgan fingerprint density at radius 1 is 1.13 bits per heavy atom. The fourth-order valence-electron chi connectivity index (χ4n) is 3.78. The molecule has 2 aromatic rings. The molecule has 164 valence electrons. The van der Waals surface area contributed by atoms with Gasteiger partial charge in [-0.3, -0.25) is 9.59 Å². The lowest BCUT2D eigenvalue weighted by Gasteiger charge is -2.25. The maximum absolute atomic E-state index is 13.7. The van der Waals surface area contributed by atoms with E-state index in [1.165, 1.54) is 30.2 Å². The van der Waals surface area contributed by atoms with Crippen LogP contribution in [0, 0.1) is 12.7 Å². The van der Waals surface area contributed by atoms with E-state index in [1.807, 2.05) is 13.8 Å². The quantitative estimate of drug-likeness (QED) is 0.403. The van der Waals surface area contributed by atoms with Gasteiger partial charge in [-0.05, 0) is 61.7 Å². The lowest BCUT2D eigenvalue weighted by atomic mass is 9.94. The van der Waals surface area contributed by atoms with Crippen LogP contribution in [-0.2, 0) is 9.59 Å². The number of amides is 1. The highest BCUT2D eigenvalue weighted by molar-refractivity contribution is 6.46. The minimum atomic E-state index is -0.796. The highest BCUT2D eigenvalue weighted by Crippen LogP contribution is 2.42. The Kier molecular flexibility index (Phi) is 6.63. The molecule has 0 aromatic heterocycles. The summed E-state index contributed by atoms with van der Waals surface area (Å²) in [5.74, 6) is -1.21. The zero-order valence-electron chi connectivity index (χ0n) is 18.1. The van der Waals surface area contributed by atoms with Crippen LogP contribution in [-0.4, -0.2) is 42.0 Å². The van der Waals surface area contributed by atoms with E-state index in [4.69, 9.17) is 9.47 Å². The number of carbonyl (C=O) groups excluding carboxylic acids is 2. The maximum atomic E-state index is 13.7. The number of ketones is 1. The second kappa shape index (κ2) is 9.20. The minimum absolute atomic E-state index is 0.0305. The van der Waals surface area contributed by atoms with E-state index in [0.29, 0.717) is 42.2 Å². The second-order valence-electron chi connectivity index (χ2n) is 7.30. The van der Waals surface area contributed by atoms with E-state index in [2.05, 4.69) is 0 Å². The number of rotatable bonds is 7. The summed E-state index contributed by atoms with van der Waals surface area (Å²) in [5.41, 5.74) is 1.18. The molecule has 1 atom stereocenters. The van der Waals surface area contributed by atoms with Gasteiger partial charge in [-0.25, -0.2) is 4.39 Å². The number of aryl methyl sites for hydroxylation is 1. The lowest BCUT2D eigenvalue weighted by molar-refractivity contribution is -0.139. The topological polar surface area (TPSA) is 76.1 Å². The largest absolute Gasteiger partial charge is 0.507 e. The van der Waals surface area contributed by atoms with Crippen molar-refractivity contribution >= 4 is 17.4 Å². The predicted molar refractivity (Wildman–Crippen MR) is 115 cm³/mol. The van der Waals surface area contributed by atoms with E-state index < -0.39 is 23.5 Å². The van der Waals surface area contributed by atoms with Gasteiger partial charge in [0.2, 0.25) is 0 Å². The first kappa shape index (κ1) is 22.3. The van der Waals surface area contributed by atoms with Gasteiger partial charge in [0.25, 0.3) is 11.7 Å². The standard InChI is InChI=1S/C24H26FNO5/c1-5-11-26-21(15-8-10-18(30-4)19(13-15)31-6-2)20(23(28)24(26)29)22(27)16-7-9-17(25)14(3)12-16/h7-10,12-13,21,27H,5-6,11H2,1-4H3/b22-20-. The van der Waals surface area contributed by atoms with Crippen molar-refractivity contribution in [3.05, 3.63) is 64.5 Å². The maximum Gasteiger partial charge on any atom is 0.295 e. The van der Waals surface area contributed by atoms with Gasteiger partial charge in [0.15, 0.2) is 11.5 Å². The third-order valence-electron chi connectivity index (χ3n) is 5.24. The number of methoxy groups -OCH3 is 1. The molecule has 6 nitrogen and oxygen atoms in total. The van der Waals surface area contributed by atoms with Crippen molar-refractivity contribution in [2.45, 2.75) is 33.2 Å². The Morgan fingerprint density at radius 3 is 2.48 bits per heavy atom. The van der Waals surface area contributed by atoms with Crippen LogP contribution >= 0.6 is 0 Å². The monoisotopic (exact) mass is 427 g/mol.